The summed E-state index contributed by atoms with van der Waals surface area (Å²) in [6.07, 6.45) is 0. The summed E-state index contributed by atoms with van der Waals surface area (Å²) in [5, 5.41) is 3.07. The van der Waals surface area contributed by atoms with Crippen LogP contribution >= 0.6 is 7.26 Å². The molecule has 0 heterocycles. The van der Waals surface area contributed by atoms with Gasteiger partial charge in [0.05, 0.1) is 0 Å². The van der Waals surface area contributed by atoms with Gasteiger partial charge in [-0.3, -0.25) is 0 Å². The molecule has 0 saturated heterocycles. The molecule has 0 amide bonds. The maximum absolute atomic E-state index is 13.9. The first-order valence-corrected chi connectivity index (χ1v) is 11.7. The van der Waals surface area contributed by atoms with Gasteiger partial charge in [0.15, 0.2) is 0 Å². The monoisotopic (exact) mass is 398 g/mol. The second-order valence-corrected chi connectivity index (χ2v) is 10.6. The minimum absolute atomic E-state index is 0.148. The Kier molecular flexibility index (Phi) is 5.84. The van der Waals surface area contributed by atoms with Crippen LogP contribution in [0.25, 0.3) is 0 Å². The fourth-order valence-electron chi connectivity index (χ4n) is 3.75. The molecule has 0 atom stereocenters. The summed E-state index contributed by atoms with van der Waals surface area (Å²) in [4.78, 5) is 13.9. The fourth-order valence-corrected chi connectivity index (χ4v) is 7.82. The van der Waals surface area contributed by atoms with Crippen molar-refractivity contribution in [3.63, 3.8) is 0 Å². The number of carbonyl (C=O) groups excluding carboxylic acids is 1. The van der Waals surface area contributed by atoms with Gasteiger partial charge in [0, 0.05) is 0 Å². The third-order valence-corrected chi connectivity index (χ3v) is 9.49. The first kappa shape index (κ1) is 19.1. The van der Waals surface area contributed by atoms with Crippen molar-refractivity contribution in [2.45, 2.75) is 6.61 Å². The van der Waals surface area contributed by atoms with Gasteiger partial charge in [-0.2, -0.15) is 0 Å². The van der Waals surface area contributed by atoms with Crippen molar-refractivity contribution in [2.75, 3.05) is 0 Å². The molecule has 4 rings (SSSR count). The SMILES string of the molecule is O=C(OCc1ccccc1)[PH](c1ccccc1)(c1ccccc1)c1ccccc1. The summed E-state index contributed by atoms with van der Waals surface area (Å²) in [6.45, 7) is 0.265. The first-order chi connectivity index (χ1) is 14.3. The number of benzene rings is 4. The molecule has 0 aliphatic rings. The third kappa shape index (κ3) is 3.85. The number of hydrogen-bond donors (Lipinski definition) is 0. The Morgan fingerprint density at radius 1 is 0.552 bits per heavy atom. The zero-order valence-corrected chi connectivity index (χ0v) is 17.1. The van der Waals surface area contributed by atoms with Gasteiger partial charge in [-0.1, -0.05) is 0 Å². The average molecular weight is 398 g/mol. The van der Waals surface area contributed by atoms with E-state index in [0.717, 1.165) is 21.5 Å². The Morgan fingerprint density at radius 2 is 0.897 bits per heavy atom. The van der Waals surface area contributed by atoms with Gasteiger partial charge in [0.2, 0.25) is 0 Å². The van der Waals surface area contributed by atoms with Crippen molar-refractivity contribution in [3.8, 4) is 0 Å². The van der Waals surface area contributed by atoms with Crippen LogP contribution in [0.2, 0.25) is 0 Å². The van der Waals surface area contributed by atoms with E-state index >= 15 is 0 Å². The molecule has 0 N–H and O–H groups in total. The van der Waals surface area contributed by atoms with E-state index in [0.29, 0.717) is 0 Å². The molecule has 0 aliphatic heterocycles. The van der Waals surface area contributed by atoms with Crippen LogP contribution in [-0.4, -0.2) is 5.71 Å². The summed E-state index contributed by atoms with van der Waals surface area (Å²) in [6, 6.07) is 40.0. The van der Waals surface area contributed by atoms with E-state index in [9.17, 15) is 4.79 Å². The summed E-state index contributed by atoms with van der Waals surface area (Å²) in [7, 11) is -3.04. The maximum atomic E-state index is 13.9. The molecule has 4 aromatic rings. The van der Waals surface area contributed by atoms with Crippen LogP contribution in [0.3, 0.4) is 0 Å². The normalized spacial score (nSPS) is 11.6. The number of hydrogen-bond acceptors (Lipinski definition) is 2. The van der Waals surface area contributed by atoms with Gasteiger partial charge in [0.25, 0.3) is 0 Å². The Labute approximate surface area is 172 Å². The number of ether oxygens (including phenoxy) is 1. The van der Waals surface area contributed by atoms with Crippen LogP contribution in [0.4, 0.5) is 4.79 Å². The van der Waals surface area contributed by atoms with E-state index in [4.69, 9.17) is 4.74 Å². The summed E-state index contributed by atoms with van der Waals surface area (Å²) in [5.74, 6) is 0. The van der Waals surface area contributed by atoms with E-state index in [1.165, 1.54) is 0 Å². The van der Waals surface area contributed by atoms with E-state index in [2.05, 4.69) is 36.4 Å². The zero-order chi connectivity index (χ0) is 19.9. The molecular weight excluding hydrogens is 375 g/mol. The number of rotatable bonds is 6. The van der Waals surface area contributed by atoms with Crippen molar-refractivity contribution in [3.05, 3.63) is 127 Å². The van der Waals surface area contributed by atoms with Crippen LogP contribution < -0.4 is 15.9 Å². The third-order valence-electron chi connectivity index (χ3n) is 5.14. The molecule has 0 unspecified atom stereocenters. The summed E-state index contributed by atoms with van der Waals surface area (Å²) in [5.41, 5.74) is 0.836. The van der Waals surface area contributed by atoms with Crippen LogP contribution in [0.15, 0.2) is 121 Å². The molecule has 0 fully saturated rings. The minimum atomic E-state index is -3.04. The summed E-state index contributed by atoms with van der Waals surface area (Å²) < 4.78 is 5.98. The van der Waals surface area contributed by atoms with Crippen molar-refractivity contribution in [1.29, 1.82) is 0 Å². The van der Waals surface area contributed by atoms with E-state index in [1.807, 2.05) is 84.9 Å². The van der Waals surface area contributed by atoms with Gasteiger partial charge in [-0.15, -0.1) is 0 Å². The summed E-state index contributed by atoms with van der Waals surface area (Å²) >= 11 is 0. The Morgan fingerprint density at radius 3 is 1.28 bits per heavy atom. The van der Waals surface area contributed by atoms with Crippen LogP contribution in [0.5, 0.6) is 0 Å². The molecule has 144 valence electrons. The first-order valence-electron chi connectivity index (χ1n) is 9.69. The van der Waals surface area contributed by atoms with Crippen molar-refractivity contribution in [2.24, 2.45) is 0 Å². The Hall–Kier alpha value is -3.22. The van der Waals surface area contributed by atoms with Gasteiger partial charge >= 0.3 is 172 Å². The molecule has 0 saturated carbocycles. The molecule has 3 heteroatoms. The van der Waals surface area contributed by atoms with Crippen molar-refractivity contribution < 1.29 is 9.53 Å². The second-order valence-electron chi connectivity index (χ2n) is 6.91. The molecule has 2 nitrogen and oxygen atoms in total. The van der Waals surface area contributed by atoms with Gasteiger partial charge in [-0.05, 0) is 0 Å². The standard InChI is InChI=1S/C26H23O2P/c27-26(28-21-22-13-5-1-6-14-22)29(23-15-7-2-8-16-23,24-17-9-3-10-18-24)25-19-11-4-12-20-25/h1-20,29H,21H2. The van der Waals surface area contributed by atoms with E-state index in [-0.39, 0.29) is 12.3 Å². The topological polar surface area (TPSA) is 26.3 Å². The van der Waals surface area contributed by atoms with Crippen molar-refractivity contribution in [1.82, 2.24) is 0 Å². The zero-order valence-electron chi connectivity index (χ0n) is 16.1. The average Bonchev–Trinajstić information content (AvgIpc) is 2.81. The number of carbonyl (C=O) groups is 1. The molecule has 4 aromatic carbocycles. The van der Waals surface area contributed by atoms with Gasteiger partial charge in [0.1, 0.15) is 0 Å². The quantitative estimate of drug-likeness (QED) is 0.425. The molecular formula is C26H23O2P. The molecule has 0 aliphatic carbocycles. The van der Waals surface area contributed by atoms with Crippen LogP contribution in [0, 0.1) is 0 Å². The van der Waals surface area contributed by atoms with Crippen molar-refractivity contribution >= 4 is 28.9 Å². The molecule has 29 heavy (non-hydrogen) atoms. The van der Waals surface area contributed by atoms with Gasteiger partial charge < -0.3 is 0 Å². The molecule has 0 bridgehead atoms. The van der Waals surface area contributed by atoms with E-state index in [1.54, 1.807) is 0 Å². The molecule has 0 spiro atoms. The fraction of sp³-hybridized carbons (Fsp3) is 0.0385. The second kappa shape index (κ2) is 8.86. The Bertz CT molecular complexity index is 952. The predicted molar refractivity (Wildman–Crippen MR) is 123 cm³/mol. The molecule has 0 aromatic heterocycles. The van der Waals surface area contributed by atoms with Crippen LogP contribution in [0.1, 0.15) is 5.56 Å². The van der Waals surface area contributed by atoms with Crippen LogP contribution in [-0.2, 0) is 11.3 Å². The van der Waals surface area contributed by atoms with Gasteiger partial charge in [-0.25, -0.2) is 0 Å². The van der Waals surface area contributed by atoms with E-state index < -0.39 is 7.26 Å². The molecule has 0 radical (unpaired) electrons. The Balaban J connectivity index is 1.87. The predicted octanol–water partition coefficient (Wildman–Crippen LogP) is 5.05.